The molecule has 0 atom stereocenters. The molecule has 1 saturated carbocycles. The lowest BCUT2D eigenvalue weighted by Gasteiger charge is -2.34. The molecule has 1 aliphatic carbocycles. The first-order valence-corrected chi connectivity index (χ1v) is 8.06. The highest BCUT2D eigenvalue weighted by molar-refractivity contribution is 8.00. The number of thioether (sulfide) groups is 1. The van der Waals surface area contributed by atoms with Crippen LogP contribution in [0.4, 0.5) is 0 Å². The number of ether oxygens (including phenoxy) is 1. The molecule has 3 rings (SSSR count). The molecule has 0 aromatic heterocycles. The van der Waals surface area contributed by atoms with Gasteiger partial charge in [0.15, 0.2) is 0 Å². The van der Waals surface area contributed by atoms with Gasteiger partial charge in [0.25, 0.3) is 0 Å². The summed E-state index contributed by atoms with van der Waals surface area (Å²) in [7, 11) is 0. The Kier molecular flexibility index (Phi) is 3.53. The van der Waals surface area contributed by atoms with E-state index >= 15 is 0 Å². The molecule has 1 aromatic carbocycles. The molecule has 2 fully saturated rings. The fourth-order valence-electron chi connectivity index (χ4n) is 2.83. The molecule has 0 bridgehead atoms. The largest absolute Gasteiger partial charge is 0.489 e. The van der Waals surface area contributed by atoms with E-state index in [1.54, 1.807) is 0 Å². The van der Waals surface area contributed by atoms with Crippen molar-refractivity contribution in [3.8, 4) is 5.75 Å². The second-order valence-electron chi connectivity index (χ2n) is 5.52. The number of benzene rings is 1. The van der Waals surface area contributed by atoms with E-state index in [-0.39, 0.29) is 5.54 Å². The first kappa shape index (κ1) is 12.4. The van der Waals surface area contributed by atoms with Crippen LogP contribution in [-0.4, -0.2) is 17.6 Å². The van der Waals surface area contributed by atoms with Crippen molar-refractivity contribution in [2.45, 2.75) is 43.7 Å². The molecule has 0 unspecified atom stereocenters. The molecule has 18 heavy (non-hydrogen) atoms. The Bertz CT molecular complexity index is 411. The van der Waals surface area contributed by atoms with Gasteiger partial charge < -0.3 is 10.5 Å². The molecule has 0 radical (unpaired) electrons. The fourth-order valence-corrected chi connectivity index (χ4v) is 3.39. The van der Waals surface area contributed by atoms with Gasteiger partial charge in [0, 0.05) is 17.0 Å². The summed E-state index contributed by atoms with van der Waals surface area (Å²) >= 11 is 1.95. The second kappa shape index (κ2) is 5.14. The molecule has 1 aliphatic heterocycles. The quantitative estimate of drug-likeness (QED) is 0.909. The van der Waals surface area contributed by atoms with Crippen LogP contribution in [0.2, 0.25) is 0 Å². The zero-order valence-electron chi connectivity index (χ0n) is 10.7. The Labute approximate surface area is 113 Å². The smallest absolute Gasteiger partial charge is 0.120 e. The molecule has 2 aliphatic rings. The lowest BCUT2D eigenvalue weighted by atomic mass is 9.77. The average Bonchev–Trinajstić information content (AvgIpc) is 2.35. The van der Waals surface area contributed by atoms with Crippen molar-refractivity contribution in [2.75, 3.05) is 11.5 Å². The topological polar surface area (TPSA) is 35.2 Å². The van der Waals surface area contributed by atoms with Crippen LogP contribution in [0.25, 0.3) is 0 Å². The van der Waals surface area contributed by atoms with Crippen LogP contribution in [0.5, 0.6) is 5.75 Å². The third kappa shape index (κ3) is 2.52. The van der Waals surface area contributed by atoms with Crippen molar-refractivity contribution in [3.05, 3.63) is 29.8 Å². The fraction of sp³-hybridized carbons (Fsp3) is 0.600. The third-order valence-corrected chi connectivity index (χ3v) is 5.28. The molecule has 3 heteroatoms. The summed E-state index contributed by atoms with van der Waals surface area (Å²) in [5, 5.41) is 0. The minimum Gasteiger partial charge on any atom is -0.489 e. The number of nitrogens with two attached hydrogens (primary N) is 1. The van der Waals surface area contributed by atoms with Gasteiger partial charge in [-0.2, -0.15) is 11.8 Å². The maximum absolute atomic E-state index is 6.57. The minimum atomic E-state index is -0.119. The standard InChI is InChI=1S/C15H21NOS/c16-15(7-2-1-3-8-15)12-5-4-6-13(9-12)17-14-10-18-11-14/h4-6,9,14H,1-3,7-8,10-11,16H2. The summed E-state index contributed by atoms with van der Waals surface area (Å²) < 4.78 is 5.95. The predicted octanol–water partition coefficient (Wildman–Crippen LogP) is 3.30. The van der Waals surface area contributed by atoms with Gasteiger partial charge in [-0.25, -0.2) is 0 Å². The number of rotatable bonds is 3. The molecule has 98 valence electrons. The van der Waals surface area contributed by atoms with Crippen LogP contribution >= 0.6 is 11.8 Å². The van der Waals surface area contributed by atoms with Crippen LogP contribution in [-0.2, 0) is 5.54 Å². The van der Waals surface area contributed by atoms with Crippen LogP contribution in [0.15, 0.2) is 24.3 Å². The van der Waals surface area contributed by atoms with E-state index in [1.807, 2.05) is 11.8 Å². The Morgan fingerprint density at radius 3 is 2.61 bits per heavy atom. The summed E-state index contributed by atoms with van der Waals surface area (Å²) in [6.07, 6.45) is 6.45. The summed E-state index contributed by atoms with van der Waals surface area (Å²) in [6, 6.07) is 8.46. The highest BCUT2D eigenvalue weighted by atomic mass is 32.2. The SMILES string of the molecule is NC1(c2cccc(OC3CSC3)c2)CCCCC1. The predicted molar refractivity (Wildman–Crippen MR) is 77.1 cm³/mol. The molecule has 1 heterocycles. The Morgan fingerprint density at radius 2 is 1.94 bits per heavy atom. The molecular formula is C15H21NOS. The molecular weight excluding hydrogens is 242 g/mol. The molecule has 2 nitrogen and oxygen atoms in total. The van der Waals surface area contributed by atoms with Gasteiger partial charge >= 0.3 is 0 Å². The second-order valence-corrected chi connectivity index (χ2v) is 6.60. The Hall–Kier alpha value is -0.670. The highest BCUT2D eigenvalue weighted by Crippen LogP contribution is 2.36. The molecule has 0 spiro atoms. The van der Waals surface area contributed by atoms with E-state index < -0.39 is 0 Å². The lowest BCUT2D eigenvalue weighted by molar-refractivity contribution is 0.238. The van der Waals surface area contributed by atoms with Gasteiger partial charge in [-0.15, -0.1) is 0 Å². The van der Waals surface area contributed by atoms with E-state index in [2.05, 4.69) is 24.3 Å². The van der Waals surface area contributed by atoms with Gasteiger partial charge in [-0.1, -0.05) is 31.4 Å². The van der Waals surface area contributed by atoms with E-state index in [0.29, 0.717) is 6.10 Å². The highest BCUT2D eigenvalue weighted by Gasteiger charge is 2.29. The average molecular weight is 263 g/mol. The van der Waals surface area contributed by atoms with E-state index in [4.69, 9.17) is 10.5 Å². The maximum Gasteiger partial charge on any atom is 0.120 e. The van der Waals surface area contributed by atoms with Crippen molar-refractivity contribution in [2.24, 2.45) is 5.73 Å². The molecule has 0 amide bonds. The monoisotopic (exact) mass is 263 g/mol. The van der Waals surface area contributed by atoms with Gasteiger partial charge in [-0.05, 0) is 30.5 Å². The third-order valence-electron chi connectivity index (χ3n) is 4.06. The van der Waals surface area contributed by atoms with E-state index in [0.717, 1.165) is 30.1 Å². The van der Waals surface area contributed by atoms with Crippen LogP contribution < -0.4 is 10.5 Å². The van der Waals surface area contributed by atoms with Gasteiger partial charge in [0.1, 0.15) is 11.9 Å². The van der Waals surface area contributed by atoms with Crippen molar-refractivity contribution in [1.82, 2.24) is 0 Å². The van der Waals surface area contributed by atoms with Crippen LogP contribution in [0.1, 0.15) is 37.7 Å². The van der Waals surface area contributed by atoms with Crippen LogP contribution in [0, 0.1) is 0 Å². The zero-order valence-corrected chi connectivity index (χ0v) is 11.5. The first-order valence-electron chi connectivity index (χ1n) is 6.90. The van der Waals surface area contributed by atoms with E-state index in [1.165, 1.54) is 24.8 Å². The summed E-state index contributed by atoms with van der Waals surface area (Å²) in [5.74, 6) is 3.24. The van der Waals surface area contributed by atoms with Crippen LogP contribution in [0.3, 0.4) is 0 Å². The number of hydrogen-bond acceptors (Lipinski definition) is 3. The Balaban J connectivity index is 1.76. The van der Waals surface area contributed by atoms with Crippen molar-refractivity contribution in [3.63, 3.8) is 0 Å². The van der Waals surface area contributed by atoms with Crippen molar-refractivity contribution in [1.29, 1.82) is 0 Å². The molecule has 1 aromatic rings. The minimum absolute atomic E-state index is 0.119. The summed E-state index contributed by atoms with van der Waals surface area (Å²) in [5.41, 5.74) is 7.70. The molecule has 2 N–H and O–H groups in total. The zero-order chi connectivity index (χ0) is 12.4. The van der Waals surface area contributed by atoms with E-state index in [9.17, 15) is 0 Å². The first-order chi connectivity index (χ1) is 8.76. The van der Waals surface area contributed by atoms with Gasteiger partial charge in [0.2, 0.25) is 0 Å². The normalized spacial score (nSPS) is 23.4. The Morgan fingerprint density at radius 1 is 1.17 bits per heavy atom. The molecule has 1 saturated heterocycles. The van der Waals surface area contributed by atoms with Gasteiger partial charge in [0.05, 0.1) is 0 Å². The maximum atomic E-state index is 6.57. The summed E-state index contributed by atoms with van der Waals surface area (Å²) in [4.78, 5) is 0. The van der Waals surface area contributed by atoms with Gasteiger partial charge in [-0.3, -0.25) is 0 Å². The summed E-state index contributed by atoms with van der Waals surface area (Å²) in [6.45, 7) is 0. The number of hydrogen-bond donors (Lipinski definition) is 1. The van der Waals surface area contributed by atoms with Crippen molar-refractivity contribution >= 4 is 11.8 Å². The lowest BCUT2D eigenvalue weighted by Crippen LogP contribution is -2.38. The van der Waals surface area contributed by atoms with Crippen molar-refractivity contribution < 1.29 is 4.74 Å².